The normalized spacial score (nSPS) is 32.4. The van der Waals surface area contributed by atoms with Crippen LogP contribution in [0.3, 0.4) is 0 Å². The number of Topliss-reactive ketones (excluding diaryl/α,β-unsaturated/α-hetero) is 1. The first-order valence-electron chi connectivity index (χ1n) is 10.2. The SMILES string of the molecule is CC1(C)OB(c2cccc(CC(=O)C3CC4CCC(C3)S4(=O)=O)c2)OC1(C)C. The van der Waals surface area contributed by atoms with E-state index in [0.717, 1.165) is 11.0 Å². The number of fused-ring (bicyclic) bond motifs is 2. The topological polar surface area (TPSA) is 69.7 Å². The molecular weight excluding hydrogens is 375 g/mol. The summed E-state index contributed by atoms with van der Waals surface area (Å²) in [5.74, 6) is 0.0133. The summed E-state index contributed by atoms with van der Waals surface area (Å²) in [5, 5.41) is -0.618. The van der Waals surface area contributed by atoms with E-state index < -0.39 is 28.2 Å². The molecule has 3 saturated heterocycles. The molecule has 3 aliphatic heterocycles. The van der Waals surface area contributed by atoms with Crippen molar-refractivity contribution in [2.45, 2.75) is 81.5 Å². The summed E-state index contributed by atoms with van der Waals surface area (Å²) in [4.78, 5) is 12.9. The summed E-state index contributed by atoms with van der Waals surface area (Å²) < 4.78 is 36.7. The molecule has 5 nitrogen and oxygen atoms in total. The van der Waals surface area contributed by atoms with Crippen LogP contribution in [0.5, 0.6) is 0 Å². The van der Waals surface area contributed by atoms with E-state index in [9.17, 15) is 13.2 Å². The molecule has 1 aromatic carbocycles. The summed E-state index contributed by atoms with van der Waals surface area (Å²) in [6.45, 7) is 8.08. The lowest BCUT2D eigenvalue weighted by Crippen LogP contribution is -2.41. The molecule has 0 radical (unpaired) electrons. The molecule has 152 valence electrons. The van der Waals surface area contributed by atoms with Gasteiger partial charge in [-0.1, -0.05) is 24.3 Å². The summed E-state index contributed by atoms with van der Waals surface area (Å²) in [5.41, 5.74) is 1.03. The van der Waals surface area contributed by atoms with Gasteiger partial charge in [-0.05, 0) is 64.4 Å². The predicted molar refractivity (Wildman–Crippen MR) is 109 cm³/mol. The molecule has 0 aliphatic carbocycles. The van der Waals surface area contributed by atoms with E-state index in [0.29, 0.717) is 32.1 Å². The van der Waals surface area contributed by atoms with Crippen molar-refractivity contribution in [2.24, 2.45) is 5.92 Å². The van der Waals surface area contributed by atoms with Gasteiger partial charge in [0.2, 0.25) is 0 Å². The van der Waals surface area contributed by atoms with Gasteiger partial charge in [-0.2, -0.15) is 0 Å². The lowest BCUT2D eigenvalue weighted by Gasteiger charge is -2.32. The lowest BCUT2D eigenvalue weighted by molar-refractivity contribution is -0.122. The van der Waals surface area contributed by atoms with E-state index in [1.54, 1.807) is 0 Å². The Hall–Kier alpha value is -1.18. The first kappa shape index (κ1) is 20.1. The highest BCUT2D eigenvalue weighted by Gasteiger charge is 2.52. The Morgan fingerprint density at radius 1 is 1.07 bits per heavy atom. The zero-order chi connectivity index (χ0) is 20.3. The lowest BCUT2D eigenvalue weighted by atomic mass is 9.78. The van der Waals surface area contributed by atoms with Gasteiger partial charge in [0.15, 0.2) is 9.84 Å². The second-order valence-electron chi connectivity index (χ2n) is 9.56. The van der Waals surface area contributed by atoms with Crippen LogP contribution in [-0.2, 0) is 30.4 Å². The Labute approximate surface area is 168 Å². The Morgan fingerprint density at radius 3 is 2.21 bits per heavy atom. The molecule has 7 heteroatoms. The fourth-order valence-electron chi connectivity index (χ4n) is 4.64. The first-order valence-corrected chi connectivity index (χ1v) is 11.8. The molecule has 2 bridgehead atoms. The molecule has 0 N–H and O–H groups in total. The van der Waals surface area contributed by atoms with Crippen molar-refractivity contribution in [3.63, 3.8) is 0 Å². The van der Waals surface area contributed by atoms with E-state index in [2.05, 4.69) is 0 Å². The van der Waals surface area contributed by atoms with Gasteiger partial charge in [0, 0.05) is 12.3 Å². The molecule has 1 aromatic rings. The third kappa shape index (κ3) is 3.35. The van der Waals surface area contributed by atoms with Gasteiger partial charge in [-0.25, -0.2) is 8.42 Å². The molecule has 3 heterocycles. The van der Waals surface area contributed by atoms with Crippen LogP contribution in [0.2, 0.25) is 0 Å². The van der Waals surface area contributed by atoms with Crippen molar-refractivity contribution in [3.05, 3.63) is 29.8 Å². The van der Waals surface area contributed by atoms with Gasteiger partial charge in [0.1, 0.15) is 5.78 Å². The van der Waals surface area contributed by atoms with Crippen molar-refractivity contribution < 1.29 is 22.5 Å². The van der Waals surface area contributed by atoms with Gasteiger partial charge in [-0.3, -0.25) is 4.79 Å². The number of benzene rings is 1. The van der Waals surface area contributed by atoms with Gasteiger partial charge >= 0.3 is 7.12 Å². The average molecular weight is 404 g/mol. The van der Waals surface area contributed by atoms with Crippen LogP contribution in [0.15, 0.2) is 24.3 Å². The molecule has 3 aliphatic rings. The standard InChI is InChI=1S/C21H29BO5S/c1-20(2)21(3,4)27-22(26-20)16-7-5-6-14(10-16)11-19(23)15-12-17-8-9-18(13-15)28(17,24)25/h5-7,10,15,17-18H,8-9,11-13H2,1-4H3. The van der Waals surface area contributed by atoms with Crippen molar-refractivity contribution in [2.75, 3.05) is 0 Å². The van der Waals surface area contributed by atoms with Gasteiger partial charge < -0.3 is 9.31 Å². The highest BCUT2D eigenvalue weighted by molar-refractivity contribution is 7.93. The van der Waals surface area contributed by atoms with E-state index >= 15 is 0 Å². The molecule has 3 fully saturated rings. The van der Waals surface area contributed by atoms with Crippen LogP contribution >= 0.6 is 0 Å². The van der Waals surface area contributed by atoms with E-state index in [-0.39, 0.29) is 22.2 Å². The largest absolute Gasteiger partial charge is 0.494 e. The predicted octanol–water partition coefficient (Wildman–Crippen LogP) is 2.45. The van der Waals surface area contributed by atoms with Gasteiger partial charge in [0.05, 0.1) is 21.7 Å². The number of carbonyl (C=O) groups excluding carboxylic acids is 1. The minimum atomic E-state index is -2.99. The third-order valence-corrected chi connectivity index (χ3v) is 9.86. The number of hydrogen-bond donors (Lipinski definition) is 0. The molecule has 28 heavy (non-hydrogen) atoms. The molecule has 0 saturated carbocycles. The highest BCUT2D eigenvalue weighted by Crippen LogP contribution is 2.41. The Morgan fingerprint density at radius 2 is 1.64 bits per heavy atom. The Balaban J connectivity index is 1.45. The zero-order valence-corrected chi connectivity index (χ0v) is 17.9. The minimum absolute atomic E-state index is 0.137. The second kappa shape index (κ2) is 6.68. The number of ketones is 1. The maximum atomic E-state index is 12.9. The monoisotopic (exact) mass is 404 g/mol. The molecule has 2 unspecified atom stereocenters. The number of rotatable bonds is 4. The van der Waals surface area contributed by atoms with Crippen LogP contribution in [0.4, 0.5) is 0 Å². The number of sulfone groups is 1. The average Bonchev–Trinajstić information content (AvgIpc) is 2.89. The maximum absolute atomic E-state index is 12.9. The molecular formula is C21H29BO5S. The van der Waals surface area contributed by atoms with Crippen LogP contribution < -0.4 is 5.46 Å². The molecule has 4 rings (SSSR count). The smallest absolute Gasteiger partial charge is 0.399 e. The third-order valence-electron chi connectivity index (χ3n) is 7.14. The quantitative estimate of drug-likeness (QED) is 0.722. The summed E-state index contributed by atoms with van der Waals surface area (Å²) in [7, 11) is -3.44. The second-order valence-corrected chi connectivity index (χ2v) is 12.1. The molecule has 0 aromatic heterocycles. The number of hydrogen-bond acceptors (Lipinski definition) is 5. The van der Waals surface area contributed by atoms with E-state index in [4.69, 9.17) is 9.31 Å². The van der Waals surface area contributed by atoms with Crippen LogP contribution in [-0.4, -0.2) is 43.0 Å². The van der Waals surface area contributed by atoms with Crippen LogP contribution in [0, 0.1) is 5.92 Å². The fraction of sp³-hybridized carbons (Fsp3) is 0.667. The summed E-state index contributed by atoms with van der Waals surface area (Å²) >= 11 is 0. The van der Waals surface area contributed by atoms with Crippen molar-refractivity contribution in [3.8, 4) is 0 Å². The van der Waals surface area contributed by atoms with Crippen molar-refractivity contribution >= 4 is 28.2 Å². The van der Waals surface area contributed by atoms with Crippen LogP contribution in [0.25, 0.3) is 0 Å². The maximum Gasteiger partial charge on any atom is 0.494 e. The number of carbonyl (C=O) groups is 1. The molecule has 0 spiro atoms. The van der Waals surface area contributed by atoms with E-state index in [1.165, 1.54) is 0 Å². The Bertz CT molecular complexity index is 856. The van der Waals surface area contributed by atoms with Gasteiger partial charge in [0.25, 0.3) is 0 Å². The van der Waals surface area contributed by atoms with Crippen LogP contribution in [0.1, 0.15) is 58.9 Å². The summed E-state index contributed by atoms with van der Waals surface area (Å²) in [6.07, 6.45) is 2.75. The molecule has 2 atom stereocenters. The fourth-order valence-corrected chi connectivity index (χ4v) is 7.12. The molecule has 0 amide bonds. The van der Waals surface area contributed by atoms with E-state index in [1.807, 2.05) is 52.0 Å². The first-order chi connectivity index (χ1) is 13.0. The van der Waals surface area contributed by atoms with Crippen molar-refractivity contribution in [1.29, 1.82) is 0 Å². The van der Waals surface area contributed by atoms with Gasteiger partial charge in [-0.15, -0.1) is 0 Å². The Kier molecular flexibility index (Phi) is 4.80. The minimum Gasteiger partial charge on any atom is -0.399 e. The zero-order valence-electron chi connectivity index (χ0n) is 17.1. The summed E-state index contributed by atoms with van der Waals surface area (Å²) in [6, 6.07) is 7.82. The van der Waals surface area contributed by atoms with Crippen molar-refractivity contribution in [1.82, 2.24) is 0 Å². The highest BCUT2D eigenvalue weighted by atomic mass is 32.2.